The summed E-state index contributed by atoms with van der Waals surface area (Å²) in [6.07, 6.45) is 0.564. The summed E-state index contributed by atoms with van der Waals surface area (Å²) in [6, 6.07) is 4.35. The molecule has 2 atom stereocenters. The van der Waals surface area contributed by atoms with E-state index in [4.69, 9.17) is 5.11 Å². The van der Waals surface area contributed by atoms with E-state index in [1.54, 1.807) is 13.8 Å². The molecule has 0 saturated heterocycles. The summed E-state index contributed by atoms with van der Waals surface area (Å²) >= 11 is 0. The van der Waals surface area contributed by atoms with Crippen molar-refractivity contribution < 1.29 is 19.6 Å². The number of rotatable bonds is 6. The van der Waals surface area contributed by atoms with Crippen molar-refractivity contribution in [2.24, 2.45) is 5.92 Å². The van der Waals surface area contributed by atoms with Crippen LogP contribution in [-0.4, -0.2) is 27.9 Å². The number of para-hydroxylation sites is 1. The number of nitrogens with one attached hydrogen (secondary N) is 1. The van der Waals surface area contributed by atoms with Gasteiger partial charge in [-0.05, 0) is 12.0 Å². The van der Waals surface area contributed by atoms with Crippen LogP contribution in [0.3, 0.4) is 0 Å². The van der Waals surface area contributed by atoms with E-state index in [1.165, 1.54) is 24.3 Å². The number of carboxylic acid groups (broad SMARTS) is 1. The number of carbonyl (C=O) groups excluding carboxylic acids is 1. The molecule has 0 aliphatic carbocycles. The molecule has 7 nitrogen and oxygen atoms in total. The van der Waals surface area contributed by atoms with Crippen molar-refractivity contribution in [3.8, 4) is 0 Å². The molecule has 0 spiro atoms. The van der Waals surface area contributed by atoms with E-state index in [0.29, 0.717) is 6.42 Å². The van der Waals surface area contributed by atoms with E-state index in [2.05, 4.69) is 5.32 Å². The Balaban J connectivity index is 3.01. The van der Waals surface area contributed by atoms with E-state index < -0.39 is 22.8 Å². The highest BCUT2D eigenvalue weighted by Crippen LogP contribution is 2.18. The van der Waals surface area contributed by atoms with E-state index in [0.717, 1.165) is 0 Å². The van der Waals surface area contributed by atoms with Gasteiger partial charge in [0.1, 0.15) is 11.6 Å². The van der Waals surface area contributed by atoms with Crippen molar-refractivity contribution in [2.45, 2.75) is 26.3 Å². The van der Waals surface area contributed by atoms with Crippen LogP contribution in [0, 0.1) is 16.0 Å². The number of hydrogen-bond donors (Lipinski definition) is 2. The van der Waals surface area contributed by atoms with Crippen molar-refractivity contribution in [1.29, 1.82) is 0 Å². The van der Waals surface area contributed by atoms with Gasteiger partial charge in [0.2, 0.25) is 0 Å². The van der Waals surface area contributed by atoms with Gasteiger partial charge in [-0.25, -0.2) is 4.79 Å². The molecule has 108 valence electrons. The molecule has 20 heavy (non-hydrogen) atoms. The zero-order valence-electron chi connectivity index (χ0n) is 11.2. The predicted octanol–water partition coefficient (Wildman–Crippen LogP) is 1.82. The maximum absolute atomic E-state index is 12.0. The lowest BCUT2D eigenvalue weighted by Gasteiger charge is -2.20. The molecule has 0 bridgehead atoms. The van der Waals surface area contributed by atoms with Gasteiger partial charge >= 0.3 is 5.97 Å². The van der Waals surface area contributed by atoms with Crippen molar-refractivity contribution in [3.63, 3.8) is 0 Å². The smallest absolute Gasteiger partial charge is 0.326 e. The standard InChI is InChI=1S/C13H16N2O5/c1-3-8(2)11(13(17)18)14-12(16)9-6-4-5-7-10(9)15(19)20/h4-8,11H,3H2,1-2H3,(H,14,16)(H,17,18). The number of hydrogen-bond acceptors (Lipinski definition) is 4. The Morgan fingerprint density at radius 3 is 2.50 bits per heavy atom. The van der Waals surface area contributed by atoms with Crippen molar-refractivity contribution in [3.05, 3.63) is 39.9 Å². The first-order chi connectivity index (χ1) is 9.38. The molecule has 7 heteroatoms. The van der Waals surface area contributed by atoms with E-state index in [9.17, 15) is 19.7 Å². The molecule has 1 aromatic rings. The van der Waals surface area contributed by atoms with Gasteiger partial charge in [0.15, 0.2) is 0 Å². The third kappa shape index (κ3) is 3.53. The Morgan fingerprint density at radius 2 is 2.00 bits per heavy atom. The van der Waals surface area contributed by atoms with Gasteiger partial charge in [-0.3, -0.25) is 14.9 Å². The summed E-state index contributed by atoms with van der Waals surface area (Å²) in [5, 5.41) is 22.3. The highest BCUT2D eigenvalue weighted by Gasteiger charge is 2.28. The quantitative estimate of drug-likeness (QED) is 0.610. The summed E-state index contributed by atoms with van der Waals surface area (Å²) in [5.41, 5.74) is -0.495. The van der Waals surface area contributed by atoms with E-state index in [1.807, 2.05) is 0 Å². The zero-order chi connectivity index (χ0) is 15.3. The predicted molar refractivity (Wildman–Crippen MR) is 71.4 cm³/mol. The topological polar surface area (TPSA) is 110 Å². The second kappa shape index (κ2) is 6.65. The SMILES string of the molecule is CCC(C)C(NC(=O)c1ccccc1[N+](=O)[O-])C(=O)O. The minimum absolute atomic E-state index is 0.146. The van der Waals surface area contributed by atoms with Crippen molar-refractivity contribution >= 4 is 17.6 Å². The Morgan fingerprint density at radius 1 is 1.40 bits per heavy atom. The Labute approximate surface area is 115 Å². The average Bonchev–Trinajstić information content (AvgIpc) is 2.43. The first kappa shape index (κ1) is 15.6. The van der Waals surface area contributed by atoms with E-state index in [-0.39, 0.29) is 17.2 Å². The molecule has 2 unspecified atom stereocenters. The number of carboxylic acids is 1. The molecule has 0 saturated carbocycles. The second-order valence-corrected chi connectivity index (χ2v) is 4.45. The van der Waals surface area contributed by atoms with Crippen LogP contribution >= 0.6 is 0 Å². The summed E-state index contributed by atoms with van der Waals surface area (Å²) in [7, 11) is 0. The Kier molecular flexibility index (Phi) is 5.19. The lowest BCUT2D eigenvalue weighted by atomic mass is 9.99. The van der Waals surface area contributed by atoms with Crippen LogP contribution in [0.5, 0.6) is 0 Å². The summed E-state index contributed by atoms with van der Waals surface area (Å²) < 4.78 is 0. The normalized spacial score (nSPS) is 13.3. The van der Waals surface area contributed by atoms with Gasteiger partial charge in [0.25, 0.3) is 11.6 Å². The van der Waals surface area contributed by atoms with E-state index >= 15 is 0 Å². The van der Waals surface area contributed by atoms with Gasteiger partial charge in [-0.2, -0.15) is 0 Å². The molecule has 0 aromatic heterocycles. The lowest BCUT2D eigenvalue weighted by Crippen LogP contribution is -2.45. The first-order valence-electron chi connectivity index (χ1n) is 6.15. The number of amides is 1. The van der Waals surface area contributed by atoms with Gasteiger partial charge < -0.3 is 10.4 Å². The fraction of sp³-hybridized carbons (Fsp3) is 0.385. The highest BCUT2D eigenvalue weighted by atomic mass is 16.6. The number of nitrogens with zero attached hydrogens (tertiary/aromatic N) is 1. The molecule has 1 rings (SSSR count). The summed E-state index contributed by atoms with van der Waals surface area (Å²) in [6.45, 7) is 3.50. The molecule has 2 N–H and O–H groups in total. The van der Waals surface area contributed by atoms with Crippen LogP contribution in [0.1, 0.15) is 30.6 Å². The maximum atomic E-state index is 12.0. The fourth-order valence-corrected chi connectivity index (χ4v) is 1.73. The third-order valence-corrected chi connectivity index (χ3v) is 3.11. The van der Waals surface area contributed by atoms with Gasteiger partial charge in [-0.15, -0.1) is 0 Å². The molecule has 0 aliphatic heterocycles. The number of carbonyl (C=O) groups is 2. The maximum Gasteiger partial charge on any atom is 0.326 e. The monoisotopic (exact) mass is 280 g/mol. The molecule has 0 fully saturated rings. The second-order valence-electron chi connectivity index (χ2n) is 4.45. The summed E-state index contributed by atoms with van der Waals surface area (Å²) in [5.74, 6) is -2.20. The van der Waals surface area contributed by atoms with Gasteiger partial charge in [0.05, 0.1) is 4.92 Å². The number of benzene rings is 1. The molecule has 0 aliphatic rings. The molecular weight excluding hydrogens is 264 g/mol. The Bertz CT molecular complexity index is 529. The van der Waals surface area contributed by atoms with Crippen LogP contribution in [-0.2, 0) is 4.79 Å². The molecule has 1 amide bonds. The minimum atomic E-state index is -1.16. The Hall–Kier alpha value is -2.44. The molecule has 1 aromatic carbocycles. The number of nitro benzene ring substituents is 1. The average molecular weight is 280 g/mol. The third-order valence-electron chi connectivity index (χ3n) is 3.11. The van der Waals surface area contributed by atoms with Gasteiger partial charge in [0, 0.05) is 6.07 Å². The molecular formula is C13H16N2O5. The van der Waals surface area contributed by atoms with Crippen molar-refractivity contribution in [1.82, 2.24) is 5.32 Å². The molecule has 0 heterocycles. The zero-order valence-corrected chi connectivity index (χ0v) is 11.2. The summed E-state index contributed by atoms with van der Waals surface area (Å²) in [4.78, 5) is 33.3. The number of nitro groups is 1. The van der Waals surface area contributed by atoms with Crippen LogP contribution in [0.4, 0.5) is 5.69 Å². The number of aliphatic carboxylic acids is 1. The lowest BCUT2D eigenvalue weighted by molar-refractivity contribution is -0.385. The van der Waals surface area contributed by atoms with Gasteiger partial charge in [-0.1, -0.05) is 32.4 Å². The fourth-order valence-electron chi connectivity index (χ4n) is 1.73. The highest BCUT2D eigenvalue weighted by molar-refractivity contribution is 6.00. The van der Waals surface area contributed by atoms with Crippen LogP contribution in [0.15, 0.2) is 24.3 Å². The largest absolute Gasteiger partial charge is 0.480 e. The van der Waals surface area contributed by atoms with Crippen LogP contribution < -0.4 is 5.32 Å². The van der Waals surface area contributed by atoms with Crippen LogP contribution in [0.25, 0.3) is 0 Å². The molecule has 0 radical (unpaired) electrons. The minimum Gasteiger partial charge on any atom is -0.480 e. The first-order valence-corrected chi connectivity index (χ1v) is 6.15. The van der Waals surface area contributed by atoms with Crippen molar-refractivity contribution in [2.75, 3.05) is 0 Å². The van der Waals surface area contributed by atoms with Crippen LogP contribution in [0.2, 0.25) is 0 Å².